The van der Waals surface area contributed by atoms with E-state index in [1.807, 2.05) is 34.0 Å². The van der Waals surface area contributed by atoms with Crippen LogP contribution >= 0.6 is 45.2 Å². The van der Waals surface area contributed by atoms with Gasteiger partial charge in [0, 0.05) is 44.4 Å². The third-order valence-corrected chi connectivity index (χ3v) is 15.3. The number of hydrogen-bond donors (Lipinski definition) is 1. The summed E-state index contributed by atoms with van der Waals surface area (Å²) in [6.07, 6.45) is 2.88. The number of benzene rings is 3. The molecule has 0 radical (unpaired) electrons. The van der Waals surface area contributed by atoms with Gasteiger partial charge in [0.15, 0.2) is 5.60 Å². The lowest BCUT2D eigenvalue weighted by atomic mass is 9.82. The zero-order valence-electron chi connectivity index (χ0n) is 25.9. The Kier molecular flexibility index (Phi) is 9.45. The van der Waals surface area contributed by atoms with Crippen LogP contribution in [0.1, 0.15) is 30.2 Å². The quantitative estimate of drug-likeness (QED) is 0.159. The highest BCUT2D eigenvalue weighted by atomic mass is 127. The zero-order valence-corrected chi connectivity index (χ0v) is 31.2. The van der Waals surface area contributed by atoms with E-state index in [0.717, 1.165) is 35.4 Å². The molecule has 0 aliphatic carbocycles. The van der Waals surface area contributed by atoms with Crippen LogP contribution in [0.2, 0.25) is 18.6 Å². The maximum absolute atomic E-state index is 14.9. The van der Waals surface area contributed by atoms with Crippen molar-refractivity contribution in [3.8, 4) is 5.75 Å². The molecule has 1 amide bonds. The van der Waals surface area contributed by atoms with E-state index < -0.39 is 13.7 Å². The molecule has 0 saturated carbocycles. The van der Waals surface area contributed by atoms with E-state index in [1.165, 1.54) is 5.19 Å². The van der Waals surface area contributed by atoms with Crippen LogP contribution in [0.15, 0.2) is 72.9 Å². The van der Waals surface area contributed by atoms with Crippen molar-refractivity contribution in [3.63, 3.8) is 0 Å². The number of methoxy groups -OCH3 is 1. The van der Waals surface area contributed by atoms with Crippen molar-refractivity contribution in [2.45, 2.75) is 63.2 Å². The van der Waals surface area contributed by atoms with Gasteiger partial charge in [-0.25, -0.2) is 0 Å². The van der Waals surface area contributed by atoms with Crippen molar-refractivity contribution in [3.05, 3.63) is 96.9 Å². The molecule has 11 heteroatoms. The minimum Gasteiger partial charge on any atom is -0.497 e. The van der Waals surface area contributed by atoms with E-state index in [-0.39, 0.29) is 30.1 Å². The van der Waals surface area contributed by atoms with Crippen LogP contribution in [0.3, 0.4) is 0 Å². The summed E-state index contributed by atoms with van der Waals surface area (Å²) in [5.74, 6) is 0.777. The second-order valence-electron chi connectivity index (χ2n) is 12.6. The van der Waals surface area contributed by atoms with Gasteiger partial charge in [-0.3, -0.25) is 9.48 Å². The average molecular weight is 849 g/mol. The van der Waals surface area contributed by atoms with Crippen LogP contribution in [0.5, 0.6) is 5.75 Å². The molecule has 1 aromatic heterocycles. The van der Waals surface area contributed by atoms with E-state index >= 15 is 0 Å². The molecule has 2 aliphatic rings. The number of aromatic nitrogens is 3. The van der Waals surface area contributed by atoms with Gasteiger partial charge < -0.3 is 19.5 Å². The zero-order chi connectivity index (χ0) is 31.9. The molecule has 1 saturated heterocycles. The predicted molar refractivity (Wildman–Crippen MR) is 195 cm³/mol. The van der Waals surface area contributed by atoms with Crippen LogP contribution in [0.4, 0.5) is 5.69 Å². The van der Waals surface area contributed by atoms with Crippen LogP contribution in [0, 0.1) is 13.1 Å². The number of nitrogens with zero attached hydrogens (tertiary/aromatic N) is 4. The molecule has 2 aliphatic heterocycles. The molecule has 1 fully saturated rings. The number of rotatable bonds is 10. The number of amides is 1. The number of carbonyl (C=O) groups excluding carboxylic acids is 1. The van der Waals surface area contributed by atoms with Crippen molar-refractivity contribution < 1.29 is 19.4 Å². The van der Waals surface area contributed by atoms with Crippen LogP contribution in [0.25, 0.3) is 0 Å². The Hall–Kier alpha value is -2.33. The van der Waals surface area contributed by atoms with Gasteiger partial charge in [-0.05, 0) is 105 Å². The Labute approximate surface area is 292 Å². The third-order valence-electron chi connectivity index (χ3n) is 9.62. The summed E-state index contributed by atoms with van der Waals surface area (Å²) in [5.41, 5.74) is 2.80. The molecular formula is C34H38I2N4O4Si. The van der Waals surface area contributed by atoms with Crippen molar-refractivity contribution in [2.24, 2.45) is 5.92 Å². The second kappa shape index (κ2) is 13.0. The third kappa shape index (κ3) is 5.98. The van der Waals surface area contributed by atoms with E-state index in [1.54, 1.807) is 7.11 Å². The molecule has 0 unspecified atom stereocenters. The van der Waals surface area contributed by atoms with Crippen molar-refractivity contribution in [1.82, 2.24) is 15.0 Å². The fraction of sp³-hybridized carbons (Fsp3) is 0.382. The Balaban J connectivity index is 1.42. The van der Waals surface area contributed by atoms with E-state index in [4.69, 9.17) is 9.47 Å². The van der Waals surface area contributed by atoms with E-state index in [2.05, 4.69) is 124 Å². The molecule has 8 nitrogen and oxygen atoms in total. The maximum Gasteiger partial charge on any atom is 0.264 e. The van der Waals surface area contributed by atoms with Crippen LogP contribution in [-0.2, 0) is 34.6 Å². The molecule has 1 spiro atoms. The monoisotopic (exact) mass is 848 g/mol. The summed E-state index contributed by atoms with van der Waals surface area (Å²) in [4.78, 5) is 16.9. The number of halogens is 2. The average Bonchev–Trinajstić information content (AvgIpc) is 3.66. The fourth-order valence-corrected chi connectivity index (χ4v) is 12.6. The highest BCUT2D eigenvalue weighted by Crippen LogP contribution is 2.60. The van der Waals surface area contributed by atoms with E-state index in [0.29, 0.717) is 25.9 Å². The molecule has 45 heavy (non-hydrogen) atoms. The Morgan fingerprint density at radius 3 is 2.53 bits per heavy atom. The Morgan fingerprint density at radius 2 is 1.82 bits per heavy atom. The molecule has 4 aromatic rings. The maximum atomic E-state index is 14.9. The highest BCUT2D eigenvalue weighted by molar-refractivity contribution is 14.1. The van der Waals surface area contributed by atoms with Crippen LogP contribution < -0.4 is 14.8 Å². The summed E-state index contributed by atoms with van der Waals surface area (Å²) in [6, 6.07) is 23.1. The Morgan fingerprint density at radius 1 is 1.07 bits per heavy atom. The largest absolute Gasteiger partial charge is 0.497 e. The van der Waals surface area contributed by atoms with Crippen molar-refractivity contribution >= 4 is 70.0 Å². The second-order valence-corrected chi connectivity index (χ2v) is 19.8. The minimum absolute atomic E-state index is 0.0175. The number of ether oxygens (including phenoxy) is 2. The number of aryl methyl sites for hydroxylation is 1. The summed E-state index contributed by atoms with van der Waals surface area (Å²) >= 11 is 4.67. The molecule has 0 bridgehead atoms. The van der Waals surface area contributed by atoms with Gasteiger partial charge in [-0.1, -0.05) is 54.7 Å². The SMILES string of the molecule is COc1ccc([Si](C)(C)[C@@H]2[C@@H](CCn3cc(CCO)nn3)O[C@]3(C(=O)N(Cc4cccc(I)c4)c4ccc(I)cc43)[C@H]2C)cc1. The molecule has 1 N–H and O–H groups in total. The number of anilines is 1. The first-order valence-corrected chi connectivity index (χ1v) is 20.5. The molecular weight excluding hydrogens is 810 g/mol. The topological polar surface area (TPSA) is 89.7 Å². The molecule has 236 valence electrons. The van der Waals surface area contributed by atoms with Crippen molar-refractivity contribution in [1.29, 1.82) is 0 Å². The highest BCUT2D eigenvalue weighted by Gasteiger charge is 2.66. The molecule has 3 heterocycles. The lowest BCUT2D eigenvalue weighted by Crippen LogP contribution is -2.51. The van der Waals surface area contributed by atoms with Gasteiger partial charge in [0.2, 0.25) is 0 Å². The van der Waals surface area contributed by atoms with Crippen LogP contribution in [-0.4, -0.2) is 53.9 Å². The number of hydrogen-bond acceptors (Lipinski definition) is 6. The number of aliphatic hydroxyl groups is 1. The molecule has 4 atom stereocenters. The van der Waals surface area contributed by atoms with Gasteiger partial charge in [-0.2, -0.15) is 0 Å². The first-order chi connectivity index (χ1) is 21.6. The Bertz CT molecular complexity index is 1700. The predicted octanol–water partition coefficient (Wildman–Crippen LogP) is 5.88. The van der Waals surface area contributed by atoms with Gasteiger partial charge in [0.05, 0.1) is 39.2 Å². The first kappa shape index (κ1) is 32.6. The summed E-state index contributed by atoms with van der Waals surface area (Å²) in [5, 5.41) is 19.2. The van der Waals surface area contributed by atoms with Gasteiger partial charge in [0.1, 0.15) is 5.75 Å². The lowest BCUT2D eigenvalue weighted by Gasteiger charge is -2.37. The summed E-state index contributed by atoms with van der Waals surface area (Å²) in [6.45, 7) is 8.16. The number of aliphatic hydroxyl groups excluding tert-OH is 1. The fourth-order valence-electron chi connectivity index (χ4n) is 7.47. The summed E-state index contributed by atoms with van der Waals surface area (Å²) in [7, 11) is -0.560. The first-order valence-electron chi connectivity index (χ1n) is 15.3. The normalized spacial score (nSPS) is 22.8. The van der Waals surface area contributed by atoms with Gasteiger partial charge >= 0.3 is 0 Å². The number of fused-ring (bicyclic) bond motifs is 2. The number of carbonyl (C=O) groups is 1. The lowest BCUT2D eigenvalue weighted by molar-refractivity contribution is -0.146. The van der Waals surface area contributed by atoms with E-state index in [9.17, 15) is 9.90 Å². The van der Waals surface area contributed by atoms with Crippen molar-refractivity contribution in [2.75, 3.05) is 18.6 Å². The standard InChI is InChI=1S/C34H38I2N4O4Si/c1-22-32(45(3,4)28-11-9-27(43-2)10-12-28)31(14-16-39-21-26(15-17-41)37-38-39)44-34(22)29-19-25(36)8-13-30(29)40(33(34)42)20-23-6-5-7-24(35)18-23/h5-13,18-19,21-22,31-32,41H,14-17,20H2,1-4H3/t22-,31+,32-,34+/m0/s1. The van der Waals surface area contributed by atoms with Gasteiger partial charge in [-0.15, -0.1) is 5.10 Å². The summed E-state index contributed by atoms with van der Waals surface area (Å²) < 4.78 is 16.8. The smallest absolute Gasteiger partial charge is 0.264 e. The van der Waals surface area contributed by atoms with Gasteiger partial charge in [0.25, 0.3) is 5.91 Å². The minimum atomic E-state index is -2.25. The molecule has 3 aromatic carbocycles. The molecule has 6 rings (SSSR count).